The van der Waals surface area contributed by atoms with E-state index in [0.29, 0.717) is 11.8 Å². The summed E-state index contributed by atoms with van der Waals surface area (Å²) >= 11 is 0. The Bertz CT molecular complexity index is 304. The Morgan fingerprint density at radius 2 is 2.08 bits per heavy atom. The number of aliphatic hydroxyl groups excluding tert-OH is 1. The second kappa shape index (κ2) is 3.15. The summed E-state index contributed by atoms with van der Waals surface area (Å²) in [6, 6.07) is 8.48. The molecular formula is C12H16O. The second-order valence-electron chi connectivity index (χ2n) is 4.10. The van der Waals surface area contributed by atoms with Crippen molar-refractivity contribution in [1.29, 1.82) is 0 Å². The van der Waals surface area contributed by atoms with Crippen molar-refractivity contribution in [2.45, 2.75) is 32.3 Å². The monoisotopic (exact) mass is 176 g/mol. The lowest BCUT2D eigenvalue weighted by atomic mass is 10.0. The average molecular weight is 176 g/mol. The Morgan fingerprint density at radius 1 is 1.38 bits per heavy atom. The maximum atomic E-state index is 9.41. The second-order valence-corrected chi connectivity index (χ2v) is 4.10. The summed E-state index contributed by atoms with van der Waals surface area (Å²) in [4.78, 5) is 0. The van der Waals surface area contributed by atoms with Crippen LogP contribution in [0.5, 0.6) is 0 Å². The van der Waals surface area contributed by atoms with Gasteiger partial charge in [-0.2, -0.15) is 0 Å². The van der Waals surface area contributed by atoms with Gasteiger partial charge in [0.2, 0.25) is 0 Å². The summed E-state index contributed by atoms with van der Waals surface area (Å²) in [5.74, 6) is 1.11. The minimum atomic E-state index is -0.149. The minimum Gasteiger partial charge on any atom is -0.393 e. The quantitative estimate of drug-likeness (QED) is 0.734. The standard InChI is InChI=1S/C12H16O/c1-8-5-3-4-6-10(8)12-7-11(12)9(2)13/h3-6,9,11-13H,7H2,1-2H3/t9-,11+,12-/m0/s1. The van der Waals surface area contributed by atoms with Crippen LogP contribution >= 0.6 is 0 Å². The van der Waals surface area contributed by atoms with Gasteiger partial charge >= 0.3 is 0 Å². The number of rotatable bonds is 2. The third-order valence-corrected chi connectivity index (χ3v) is 3.05. The molecule has 1 fully saturated rings. The van der Waals surface area contributed by atoms with Crippen molar-refractivity contribution in [3.63, 3.8) is 0 Å². The lowest BCUT2D eigenvalue weighted by Gasteiger charge is -2.05. The molecule has 1 aromatic carbocycles. The number of aryl methyl sites for hydroxylation is 1. The average Bonchev–Trinajstić information content (AvgIpc) is 2.84. The molecule has 0 aromatic heterocycles. The molecule has 2 rings (SSSR count). The van der Waals surface area contributed by atoms with Crippen molar-refractivity contribution in [2.24, 2.45) is 5.92 Å². The first-order valence-corrected chi connectivity index (χ1v) is 4.93. The van der Waals surface area contributed by atoms with E-state index >= 15 is 0 Å². The van der Waals surface area contributed by atoms with E-state index < -0.39 is 0 Å². The predicted octanol–water partition coefficient (Wildman–Crippen LogP) is 2.48. The number of hydrogen-bond acceptors (Lipinski definition) is 1. The molecule has 1 saturated carbocycles. The third-order valence-electron chi connectivity index (χ3n) is 3.05. The SMILES string of the molecule is Cc1ccccc1[C@@H]1C[C@@H]1[C@H](C)O. The molecule has 0 bridgehead atoms. The van der Waals surface area contributed by atoms with Gasteiger partial charge in [-0.15, -0.1) is 0 Å². The van der Waals surface area contributed by atoms with Gasteiger partial charge in [0, 0.05) is 0 Å². The van der Waals surface area contributed by atoms with E-state index in [1.807, 2.05) is 6.92 Å². The zero-order valence-electron chi connectivity index (χ0n) is 8.20. The van der Waals surface area contributed by atoms with Crippen LogP contribution in [0.4, 0.5) is 0 Å². The fourth-order valence-corrected chi connectivity index (χ4v) is 2.11. The molecule has 0 aliphatic heterocycles. The smallest absolute Gasteiger partial charge is 0.0546 e. The first-order chi connectivity index (χ1) is 6.20. The Balaban J connectivity index is 2.16. The van der Waals surface area contributed by atoms with Crippen molar-refractivity contribution < 1.29 is 5.11 Å². The summed E-state index contributed by atoms with van der Waals surface area (Å²) in [6.07, 6.45) is 1.01. The van der Waals surface area contributed by atoms with Crippen LogP contribution in [-0.2, 0) is 0 Å². The molecule has 13 heavy (non-hydrogen) atoms. The molecule has 0 radical (unpaired) electrons. The van der Waals surface area contributed by atoms with E-state index in [-0.39, 0.29) is 6.10 Å². The van der Waals surface area contributed by atoms with Gasteiger partial charge in [-0.05, 0) is 43.2 Å². The molecule has 1 aromatic rings. The third kappa shape index (κ3) is 1.61. The molecule has 70 valence electrons. The zero-order valence-corrected chi connectivity index (χ0v) is 8.20. The summed E-state index contributed by atoms with van der Waals surface area (Å²) in [5, 5.41) is 9.41. The van der Waals surface area contributed by atoms with Gasteiger partial charge in [-0.25, -0.2) is 0 Å². The Labute approximate surface area is 79.4 Å². The van der Waals surface area contributed by atoms with Crippen LogP contribution in [-0.4, -0.2) is 11.2 Å². The largest absolute Gasteiger partial charge is 0.393 e. The summed E-state index contributed by atoms with van der Waals surface area (Å²) in [6.45, 7) is 4.04. The maximum absolute atomic E-state index is 9.41. The Hall–Kier alpha value is -0.820. The van der Waals surface area contributed by atoms with Gasteiger partial charge in [0.15, 0.2) is 0 Å². The van der Waals surface area contributed by atoms with Crippen LogP contribution in [0.1, 0.15) is 30.4 Å². The van der Waals surface area contributed by atoms with Gasteiger partial charge in [0.1, 0.15) is 0 Å². The van der Waals surface area contributed by atoms with Crippen LogP contribution in [0.2, 0.25) is 0 Å². The number of hydrogen-bond donors (Lipinski definition) is 1. The highest BCUT2D eigenvalue weighted by Crippen LogP contribution is 2.50. The molecule has 1 aliphatic rings. The van der Waals surface area contributed by atoms with Gasteiger partial charge < -0.3 is 5.11 Å². The fraction of sp³-hybridized carbons (Fsp3) is 0.500. The highest BCUT2D eigenvalue weighted by molar-refractivity contribution is 5.33. The predicted molar refractivity (Wildman–Crippen MR) is 53.7 cm³/mol. The molecular weight excluding hydrogens is 160 g/mol. The van der Waals surface area contributed by atoms with Crippen molar-refractivity contribution in [2.75, 3.05) is 0 Å². The molecule has 3 atom stereocenters. The van der Waals surface area contributed by atoms with E-state index in [4.69, 9.17) is 0 Å². The van der Waals surface area contributed by atoms with Crippen molar-refractivity contribution >= 4 is 0 Å². The summed E-state index contributed by atoms with van der Waals surface area (Å²) in [5.41, 5.74) is 2.78. The van der Waals surface area contributed by atoms with Gasteiger partial charge in [0.25, 0.3) is 0 Å². The first kappa shape index (κ1) is 8.76. The van der Waals surface area contributed by atoms with E-state index in [1.165, 1.54) is 11.1 Å². The Kier molecular flexibility index (Phi) is 2.12. The van der Waals surface area contributed by atoms with Crippen LogP contribution in [0.15, 0.2) is 24.3 Å². The number of benzene rings is 1. The van der Waals surface area contributed by atoms with E-state index in [0.717, 1.165) is 6.42 Å². The first-order valence-electron chi connectivity index (χ1n) is 4.93. The molecule has 1 heteroatoms. The zero-order chi connectivity index (χ0) is 9.42. The normalized spacial score (nSPS) is 28.5. The molecule has 1 N–H and O–H groups in total. The molecule has 0 amide bonds. The molecule has 0 heterocycles. The number of aliphatic hydroxyl groups is 1. The molecule has 1 nitrogen and oxygen atoms in total. The highest BCUT2D eigenvalue weighted by atomic mass is 16.3. The maximum Gasteiger partial charge on any atom is 0.0546 e. The Morgan fingerprint density at radius 3 is 2.62 bits per heavy atom. The van der Waals surface area contributed by atoms with E-state index in [1.54, 1.807) is 0 Å². The van der Waals surface area contributed by atoms with Crippen LogP contribution < -0.4 is 0 Å². The minimum absolute atomic E-state index is 0.149. The van der Waals surface area contributed by atoms with Crippen LogP contribution in [0, 0.1) is 12.8 Å². The topological polar surface area (TPSA) is 20.2 Å². The molecule has 1 aliphatic carbocycles. The van der Waals surface area contributed by atoms with Gasteiger partial charge in [-0.1, -0.05) is 24.3 Å². The lowest BCUT2D eigenvalue weighted by molar-refractivity contribution is 0.169. The van der Waals surface area contributed by atoms with Crippen LogP contribution in [0.25, 0.3) is 0 Å². The molecule has 0 spiro atoms. The molecule has 0 saturated heterocycles. The van der Waals surface area contributed by atoms with Gasteiger partial charge in [-0.3, -0.25) is 0 Å². The summed E-state index contributed by atoms with van der Waals surface area (Å²) < 4.78 is 0. The highest BCUT2D eigenvalue weighted by Gasteiger charge is 2.41. The fourth-order valence-electron chi connectivity index (χ4n) is 2.11. The van der Waals surface area contributed by atoms with Crippen molar-refractivity contribution in [1.82, 2.24) is 0 Å². The summed E-state index contributed by atoms with van der Waals surface area (Å²) in [7, 11) is 0. The van der Waals surface area contributed by atoms with E-state index in [9.17, 15) is 5.11 Å². The van der Waals surface area contributed by atoms with Crippen molar-refractivity contribution in [3.8, 4) is 0 Å². The lowest BCUT2D eigenvalue weighted by Crippen LogP contribution is -2.03. The van der Waals surface area contributed by atoms with Crippen molar-refractivity contribution in [3.05, 3.63) is 35.4 Å². The van der Waals surface area contributed by atoms with E-state index in [2.05, 4.69) is 31.2 Å². The van der Waals surface area contributed by atoms with Crippen LogP contribution in [0.3, 0.4) is 0 Å². The molecule has 0 unspecified atom stereocenters. The van der Waals surface area contributed by atoms with Gasteiger partial charge in [0.05, 0.1) is 6.10 Å².